The largest absolute Gasteiger partial charge is 0.491 e. The molecule has 33 heavy (non-hydrogen) atoms. The molecule has 0 radical (unpaired) electrons. The van der Waals surface area contributed by atoms with Gasteiger partial charge in [-0.25, -0.2) is 23.5 Å². The van der Waals surface area contributed by atoms with Crippen LogP contribution in [0.1, 0.15) is 28.3 Å². The van der Waals surface area contributed by atoms with E-state index in [1.54, 1.807) is 6.92 Å². The zero-order valence-corrected chi connectivity index (χ0v) is 18.0. The Morgan fingerprint density at radius 2 is 2.06 bits per heavy atom. The molecule has 4 N–H and O–H groups in total. The van der Waals surface area contributed by atoms with Crippen LogP contribution >= 0.6 is 0 Å². The van der Waals surface area contributed by atoms with Gasteiger partial charge in [-0.15, -0.1) is 0 Å². The second-order valence-corrected chi connectivity index (χ2v) is 7.00. The van der Waals surface area contributed by atoms with Crippen LogP contribution < -0.4 is 26.0 Å². The van der Waals surface area contributed by atoms with E-state index in [1.165, 1.54) is 25.6 Å². The predicted molar refractivity (Wildman–Crippen MR) is 118 cm³/mol. The molecule has 0 aliphatic carbocycles. The average Bonchev–Trinajstić information content (AvgIpc) is 3.14. The van der Waals surface area contributed by atoms with Crippen molar-refractivity contribution in [2.75, 3.05) is 31.3 Å². The lowest BCUT2D eigenvalue weighted by Gasteiger charge is -2.16. The quantitative estimate of drug-likeness (QED) is 0.402. The Labute approximate surface area is 192 Å². The monoisotopic (exact) mass is 465 g/mol. The number of alkyl halides is 2. The first kappa shape index (κ1) is 19.6. The van der Waals surface area contributed by atoms with Crippen molar-refractivity contribution in [3.63, 3.8) is 0 Å². The lowest BCUT2D eigenvalue weighted by Crippen LogP contribution is -2.28. The minimum absolute atomic E-state index is 0.00980. The summed E-state index contributed by atoms with van der Waals surface area (Å²) < 4.78 is 55.8. The fourth-order valence-electron chi connectivity index (χ4n) is 3.04. The standard InChI is InChI=1S/C20H24F2N8O3/c1-5-24-19(32)29-14-6-13(12(9-25-14)18(31)23-3)28-17-16(33-4)15-11(7-26-17)8-27-30(15)10-20(2,21)22/h6-9H,5,10H2,1-4H3,(H,23,31)(H3,24,25,26,28,29,32)/i3D3. The molecule has 3 amide bonds. The summed E-state index contributed by atoms with van der Waals surface area (Å²) in [6.45, 7) is -0.683. The van der Waals surface area contributed by atoms with Crippen molar-refractivity contribution in [1.82, 2.24) is 30.4 Å². The Hall–Kier alpha value is -4.03. The van der Waals surface area contributed by atoms with E-state index < -0.39 is 31.4 Å². The summed E-state index contributed by atoms with van der Waals surface area (Å²) in [5.74, 6) is -3.95. The normalized spacial score (nSPS) is 12.9. The predicted octanol–water partition coefficient (Wildman–Crippen LogP) is 2.73. The summed E-state index contributed by atoms with van der Waals surface area (Å²) >= 11 is 0. The van der Waals surface area contributed by atoms with Crippen molar-refractivity contribution < 1.29 is 27.2 Å². The van der Waals surface area contributed by atoms with Gasteiger partial charge in [0.05, 0.1) is 24.6 Å². The molecule has 0 saturated heterocycles. The molecule has 0 spiro atoms. The number of nitrogens with zero attached hydrogens (tertiary/aromatic N) is 4. The number of methoxy groups -OCH3 is 1. The molecule has 0 atom stereocenters. The van der Waals surface area contributed by atoms with Crippen LogP contribution in [-0.2, 0) is 6.54 Å². The van der Waals surface area contributed by atoms with Crippen LogP contribution in [0, 0.1) is 0 Å². The third-order valence-corrected chi connectivity index (χ3v) is 4.36. The van der Waals surface area contributed by atoms with Crippen molar-refractivity contribution in [1.29, 1.82) is 0 Å². The van der Waals surface area contributed by atoms with Gasteiger partial charge in [0.25, 0.3) is 11.8 Å². The molecular formula is C20H24F2N8O3. The molecular weight excluding hydrogens is 438 g/mol. The molecule has 176 valence electrons. The van der Waals surface area contributed by atoms with Crippen LogP contribution in [0.3, 0.4) is 0 Å². The summed E-state index contributed by atoms with van der Waals surface area (Å²) in [5.41, 5.74) is 0.0421. The van der Waals surface area contributed by atoms with Gasteiger partial charge in [0.2, 0.25) is 0 Å². The van der Waals surface area contributed by atoms with Crippen LogP contribution in [-0.4, -0.2) is 58.2 Å². The maximum absolute atomic E-state index is 13.7. The Bertz CT molecular complexity index is 1280. The number of anilines is 3. The van der Waals surface area contributed by atoms with Gasteiger partial charge in [-0.1, -0.05) is 0 Å². The number of ether oxygens (including phenoxy) is 1. The topological polar surface area (TPSA) is 135 Å². The molecule has 0 fully saturated rings. The van der Waals surface area contributed by atoms with Gasteiger partial charge in [-0.3, -0.25) is 14.8 Å². The summed E-state index contributed by atoms with van der Waals surface area (Å²) in [5, 5.41) is 14.1. The fourth-order valence-corrected chi connectivity index (χ4v) is 3.04. The summed E-state index contributed by atoms with van der Waals surface area (Å²) in [4.78, 5) is 32.8. The van der Waals surface area contributed by atoms with Crippen LogP contribution in [0.25, 0.3) is 10.9 Å². The first-order valence-corrected chi connectivity index (χ1v) is 9.72. The Kier molecular flexibility index (Phi) is 5.73. The SMILES string of the molecule is [2H]C([2H])([2H])NC(=O)c1cnc(NC(=O)NCC)cc1Nc1ncc2cnn(CC(C)(F)F)c2c1OC. The van der Waals surface area contributed by atoms with E-state index in [4.69, 9.17) is 8.85 Å². The summed E-state index contributed by atoms with van der Waals surface area (Å²) in [6.07, 6.45) is 3.79. The van der Waals surface area contributed by atoms with Gasteiger partial charge in [0.15, 0.2) is 11.6 Å². The van der Waals surface area contributed by atoms with Crippen LogP contribution in [0.2, 0.25) is 0 Å². The Morgan fingerprint density at radius 3 is 2.73 bits per heavy atom. The number of aromatic nitrogens is 4. The van der Waals surface area contributed by atoms with Gasteiger partial charge in [0.1, 0.15) is 17.9 Å². The number of urea groups is 1. The maximum Gasteiger partial charge on any atom is 0.320 e. The molecule has 0 saturated carbocycles. The zero-order chi connectivity index (χ0) is 26.7. The van der Waals surface area contributed by atoms with Gasteiger partial charge in [-0.2, -0.15) is 5.10 Å². The molecule has 0 aromatic carbocycles. The number of fused-ring (bicyclic) bond motifs is 1. The number of amides is 3. The van der Waals surface area contributed by atoms with Crippen molar-refractivity contribution in [3.05, 3.63) is 30.2 Å². The number of hydrogen-bond acceptors (Lipinski definition) is 7. The van der Waals surface area contributed by atoms with E-state index in [0.29, 0.717) is 11.9 Å². The maximum atomic E-state index is 13.7. The second kappa shape index (κ2) is 9.63. The zero-order valence-electron chi connectivity index (χ0n) is 21.0. The van der Waals surface area contributed by atoms with Crippen molar-refractivity contribution in [3.8, 4) is 5.75 Å². The van der Waals surface area contributed by atoms with Crippen LogP contribution in [0.5, 0.6) is 5.75 Å². The first-order valence-electron chi connectivity index (χ1n) is 11.2. The number of nitrogens with one attached hydrogen (secondary N) is 4. The summed E-state index contributed by atoms with van der Waals surface area (Å²) in [7, 11) is 1.31. The Balaban J connectivity index is 2.08. The van der Waals surface area contributed by atoms with E-state index >= 15 is 0 Å². The lowest BCUT2D eigenvalue weighted by molar-refractivity contribution is 0.00174. The minimum atomic E-state index is -3.06. The van der Waals surface area contributed by atoms with Crippen molar-refractivity contribution in [2.24, 2.45) is 0 Å². The third-order valence-electron chi connectivity index (χ3n) is 4.36. The molecule has 3 rings (SSSR count). The highest BCUT2D eigenvalue weighted by Crippen LogP contribution is 2.35. The highest BCUT2D eigenvalue weighted by atomic mass is 19.3. The van der Waals surface area contributed by atoms with Gasteiger partial charge >= 0.3 is 6.03 Å². The fraction of sp³-hybridized carbons (Fsp3) is 0.350. The highest BCUT2D eigenvalue weighted by molar-refractivity contribution is 6.01. The van der Waals surface area contributed by atoms with E-state index in [2.05, 4.69) is 31.0 Å². The molecule has 3 aromatic heterocycles. The molecule has 0 unspecified atom stereocenters. The van der Waals surface area contributed by atoms with Gasteiger partial charge in [0, 0.05) is 48.4 Å². The number of carbonyl (C=O) groups is 2. The lowest BCUT2D eigenvalue weighted by atomic mass is 10.2. The first-order chi connectivity index (χ1) is 16.8. The second-order valence-electron chi connectivity index (χ2n) is 7.00. The molecule has 0 aliphatic rings. The highest BCUT2D eigenvalue weighted by Gasteiger charge is 2.26. The van der Waals surface area contributed by atoms with E-state index in [1.807, 2.05) is 5.32 Å². The van der Waals surface area contributed by atoms with E-state index in [0.717, 1.165) is 17.8 Å². The molecule has 3 aromatic rings. The molecule has 13 heteroatoms. The molecule has 3 heterocycles. The van der Waals surface area contributed by atoms with Crippen molar-refractivity contribution >= 4 is 40.2 Å². The van der Waals surface area contributed by atoms with Crippen molar-refractivity contribution in [2.45, 2.75) is 26.3 Å². The van der Waals surface area contributed by atoms with E-state index in [9.17, 15) is 18.4 Å². The number of carbonyl (C=O) groups excluding carboxylic acids is 2. The Morgan fingerprint density at radius 1 is 1.27 bits per heavy atom. The van der Waals surface area contributed by atoms with Crippen LogP contribution in [0.4, 0.5) is 30.9 Å². The summed E-state index contributed by atoms with van der Waals surface area (Å²) in [6, 6.07) is 0.726. The molecule has 0 bridgehead atoms. The smallest absolute Gasteiger partial charge is 0.320 e. The molecule has 0 aliphatic heterocycles. The molecule has 11 nitrogen and oxygen atoms in total. The number of pyridine rings is 2. The van der Waals surface area contributed by atoms with Crippen LogP contribution in [0.15, 0.2) is 24.7 Å². The average molecular weight is 465 g/mol. The third kappa shape index (κ3) is 5.42. The van der Waals surface area contributed by atoms with Gasteiger partial charge in [-0.05, 0) is 6.92 Å². The minimum Gasteiger partial charge on any atom is -0.491 e. The number of rotatable bonds is 8. The number of halogens is 2. The van der Waals surface area contributed by atoms with Gasteiger partial charge < -0.3 is 20.7 Å². The number of hydrogen-bond donors (Lipinski definition) is 4. The van der Waals surface area contributed by atoms with E-state index in [-0.39, 0.29) is 34.2 Å².